The zero-order valence-electron chi connectivity index (χ0n) is 13.4. The Morgan fingerprint density at radius 3 is 2.87 bits per heavy atom. The van der Waals surface area contributed by atoms with Crippen LogP contribution in [0.4, 0.5) is 0 Å². The SMILES string of the molecule is CC1(C)CCc2ccc(-c3ncc(-c4cccnc4)s3)nc2C1. The maximum Gasteiger partial charge on any atom is 0.142 e. The van der Waals surface area contributed by atoms with E-state index in [4.69, 9.17) is 4.98 Å². The van der Waals surface area contributed by atoms with Gasteiger partial charge < -0.3 is 0 Å². The Bertz CT molecular complexity index is 837. The van der Waals surface area contributed by atoms with Gasteiger partial charge in [-0.05, 0) is 42.4 Å². The number of hydrogen-bond donors (Lipinski definition) is 0. The third-order valence-electron chi connectivity index (χ3n) is 4.46. The molecule has 0 bridgehead atoms. The van der Waals surface area contributed by atoms with Crippen molar-refractivity contribution in [3.63, 3.8) is 0 Å². The van der Waals surface area contributed by atoms with Crippen molar-refractivity contribution in [2.75, 3.05) is 0 Å². The zero-order chi connectivity index (χ0) is 15.9. The summed E-state index contributed by atoms with van der Waals surface area (Å²) in [5.74, 6) is 0. The first-order valence-corrected chi connectivity index (χ1v) is 8.78. The van der Waals surface area contributed by atoms with Gasteiger partial charge in [-0.25, -0.2) is 4.98 Å². The van der Waals surface area contributed by atoms with Gasteiger partial charge in [-0.2, -0.15) is 0 Å². The molecule has 0 saturated carbocycles. The number of aryl methyl sites for hydroxylation is 1. The number of fused-ring (bicyclic) bond motifs is 1. The summed E-state index contributed by atoms with van der Waals surface area (Å²) >= 11 is 1.68. The number of nitrogens with zero attached hydrogens (tertiary/aromatic N) is 3. The molecule has 0 amide bonds. The van der Waals surface area contributed by atoms with Crippen molar-refractivity contribution >= 4 is 11.3 Å². The van der Waals surface area contributed by atoms with Crippen molar-refractivity contribution in [2.24, 2.45) is 5.41 Å². The quantitative estimate of drug-likeness (QED) is 0.681. The maximum atomic E-state index is 4.92. The summed E-state index contributed by atoms with van der Waals surface area (Å²) in [6.45, 7) is 4.66. The minimum Gasteiger partial charge on any atom is -0.264 e. The average Bonchev–Trinajstić information content (AvgIpc) is 3.04. The molecule has 0 aliphatic heterocycles. The van der Waals surface area contributed by atoms with E-state index in [0.29, 0.717) is 5.41 Å². The lowest BCUT2D eigenvalue weighted by molar-refractivity contribution is 0.311. The average molecular weight is 321 g/mol. The lowest BCUT2D eigenvalue weighted by Crippen LogP contribution is -2.23. The normalized spacial score (nSPS) is 16.1. The van der Waals surface area contributed by atoms with Crippen molar-refractivity contribution in [1.82, 2.24) is 15.0 Å². The van der Waals surface area contributed by atoms with Crippen LogP contribution in [0.1, 0.15) is 31.5 Å². The summed E-state index contributed by atoms with van der Waals surface area (Å²) in [6.07, 6.45) is 9.01. The van der Waals surface area contributed by atoms with E-state index in [1.807, 2.05) is 18.5 Å². The molecule has 23 heavy (non-hydrogen) atoms. The largest absolute Gasteiger partial charge is 0.264 e. The highest BCUT2D eigenvalue weighted by atomic mass is 32.1. The van der Waals surface area contributed by atoms with E-state index in [1.54, 1.807) is 17.5 Å². The Hall–Kier alpha value is -2.07. The first kappa shape index (κ1) is 14.5. The summed E-state index contributed by atoms with van der Waals surface area (Å²) < 4.78 is 0. The van der Waals surface area contributed by atoms with Crippen LogP contribution in [-0.4, -0.2) is 15.0 Å². The van der Waals surface area contributed by atoms with E-state index >= 15 is 0 Å². The molecule has 1 aliphatic rings. The van der Waals surface area contributed by atoms with Gasteiger partial charge in [0, 0.05) is 29.8 Å². The zero-order valence-corrected chi connectivity index (χ0v) is 14.2. The smallest absolute Gasteiger partial charge is 0.142 e. The monoisotopic (exact) mass is 321 g/mol. The molecule has 0 saturated heterocycles. The molecule has 0 unspecified atom stereocenters. The number of thiazole rings is 1. The second-order valence-electron chi connectivity index (χ2n) is 6.91. The second kappa shape index (κ2) is 5.53. The summed E-state index contributed by atoms with van der Waals surface area (Å²) in [7, 11) is 0. The molecule has 0 spiro atoms. The minimum atomic E-state index is 0.350. The van der Waals surface area contributed by atoms with Crippen LogP contribution >= 0.6 is 11.3 Å². The second-order valence-corrected chi connectivity index (χ2v) is 7.95. The molecule has 116 valence electrons. The van der Waals surface area contributed by atoms with E-state index in [9.17, 15) is 0 Å². The van der Waals surface area contributed by atoms with Gasteiger partial charge in [0.05, 0.1) is 10.6 Å². The van der Waals surface area contributed by atoms with Crippen molar-refractivity contribution < 1.29 is 0 Å². The standard InChI is InChI=1S/C19H19N3S/c1-19(2)8-7-13-5-6-15(22-16(13)10-19)18-21-12-17(23-18)14-4-3-9-20-11-14/h3-6,9,11-12H,7-8,10H2,1-2H3. The Balaban J connectivity index is 1.68. The third kappa shape index (κ3) is 2.91. The summed E-state index contributed by atoms with van der Waals surface area (Å²) in [5, 5.41) is 0.982. The molecule has 0 fully saturated rings. The maximum absolute atomic E-state index is 4.92. The number of hydrogen-bond acceptors (Lipinski definition) is 4. The topological polar surface area (TPSA) is 38.7 Å². The fraction of sp³-hybridized carbons (Fsp3) is 0.316. The molecule has 3 nitrogen and oxygen atoms in total. The molecule has 3 aromatic rings. The van der Waals surface area contributed by atoms with E-state index in [2.05, 4.69) is 42.0 Å². The predicted octanol–water partition coefficient (Wildman–Crippen LogP) is 4.78. The molecular formula is C19H19N3S. The van der Waals surface area contributed by atoms with Crippen molar-refractivity contribution in [3.8, 4) is 21.1 Å². The highest BCUT2D eigenvalue weighted by Gasteiger charge is 2.26. The Labute approximate surface area is 140 Å². The highest BCUT2D eigenvalue weighted by Crippen LogP contribution is 2.36. The van der Waals surface area contributed by atoms with Gasteiger partial charge in [0.15, 0.2) is 0 Å². The summed E-state index contributed by atoms with van der Waals surface area (Å²) in [6, 6.07) is 8.36. The van der Waals surface area contributed by atoms with Crippen LogP contribution in [0.2, 0.25) is 0 Å². The van der Waals surface area contributed by atoms with Gasteiger partial charge in [-0.3, -0.25) is 9.97 Å². The fourth-order valence-corrected chi connectivity index (χ4v) is 3.96. The summed E-state index contributed by atoms with van der Waals surface area (Å²) in [4.78, 5) is 14.8. The molecule has 0 radical (unpaired) electrons. The van der Waals surface area contributed by atoms with E-state index in [-0.39, 0.29) is 0 Å². The predicted molar refractivity (Wildman–Crippen MR) is 94.4 cm³/mol. The van der Waals surface area contributed by atoms with Crippen LogP contribution in [0.15, 0.2) is 42.9 Å². The number of rotatable bonds is 2. The van der Waals surface area contributed by atoms with Gasteiger partial charge in [-0.15, -0.1) is 11.3 Å². The van der Waals surface area contributed by atoms with Gasteiger partial charge in [-0.1, -0.05) is 26.0 Å². The molecular weight excluding hydrogens is 302 g/mol. The summed E-state index contributed by atoms with van der Waals surface area (Å²) in [5.41, 5.74) is 5.09. The molecule has 3 aromatic heterocycles. The van der Waals surface area contributed by atoms with Crippen LogP contribution in [0.5, 0.6) is 0 Å². The number of pyridine rings is 2. The fourth-order valence-electron chi connectivity index (χ4n) is 3.08. The lowest BCUT2D eigenvalue weighted by Gasteiger charge is -2.30. The van der Waals surface area contributed by atoms with E-state index < -0.39 is 0 Å². The van der Waals surface area contributed by atoms with Crippen LogP contribution in [0.25, 0.3) is 21.1 Å². The van der Waals surface area contributed by atoms with E-state index in [0.717, 1.165) is 34.0 Å². The third-order valence-corrected chi connectivity index (χ3v) is 5.53. The van der Waals surface area contributed by atoms with Gasteiger partial charge in [0.2, 0.25) is 0 Å². The lowest BCUT2D eigenvalue weighted by atomic mass is 9.76. The molecule has 1 aliphatic carbocycles. The molecule has 4 heteroatoms. The first-order chi connectivity index (χ1) is 11.1. The van der Waals surface area contributed by atoms with Crippen LogP contribution in [0, 0.1) is 5.41 Å². The van der Waals surface area contributed by atoms with Crippen molar-refractivity contribution in [3.05, 3.63) is 54.1 Å². The van der Waals surface area contributed by atoms with Gasteiger partial charge in [0.1, 0.15) is 5.01 Å². The Kier molecular flexibility index (Phi) is 3.49. The molecule has 0 aromatic carbocycles. The highest BCUT2D eigenvalue weighted by molar-refractivity contribution is 7.18. The molecule has 3 heterocycles. The molecule has 0 N–H and O–H groups in total. The molecule has 4 rings (SSSR count). The minimum absolute atomic E-state index is 0.350. The Morgan fingerprint density at radius 2 is 2.04 bits per heavy atom. The number of aromatic nitrogens is 3. The Morgan fingerprint density at radius 1 is 1.13 bits per heavy atom. The van der Waals surface area contributed by atoms with Crippen molar-refractivity contribution in [2.45, 2.75) is 33.1 Å². The van der Waals surface area contributed by atoms with Crippen LogP contribution in [0.3, 0.4) is 0 Å². The van der Waals surface area contributed by atoms with Gasteiger partial charge >= 0.3 is 0 Å². The first-order valence-electron chi connectivity index (χ1n) is 7.96. The van der Waals surface area contributed by atoms with Crippen molar-refractivity contribution in [1.29, 1.82) is 0 Å². The van der Waals surface area contributed by atoms with Crippen LogP contribution < -0.4 is 0 Å². The van der Waals surface area contributed by atoms with Crippen LogP contribution in [-0.2, 0) is 12.8 Å². The van der Waals surface area contributed by atoms with E-state index in [1.165, 1.54) is 17.7 Å². The molecule has 0 atom stereocenters. The van der Waals surface area contributed by atoms with Gasteiger partial charge in [0.25, 0.3) is 0 Å².